The summed E-state index contributed by atoms with van der Waals surface area (Å²) in [4.78, 5) is 0. The highest BCUT2D eigenvalue weighted by Crippen LogP contribution is 2.19. The van der Waals surface area contributed by atoms with Gasteiger partial charge in [0.15, 0.2) is 0 Å². The first-order valence-corrected chi connectivity index (χ1v) is 5.09. The molecular formula is C12H12N4. The zero-order chi connectivity index (χ0) is 11.5. The van der Waals surface area contributed by atoms with E-state index >= 15 is 0 Å². The van der Waals surface area contributed by atoms with Crippen molar-refractivity contribution in [3.63, 3.8) is 0 Å². The van der Waals surface area contributed by atoms with Crippen molar-refractivity contribution in [1.82, 2.24) is 9.78 Å². The number of hydrogen-bond acceptors (Lipinski definition) is 3. The van der Waals surface area contributed by atoms with Crippen LogP contribution in [0.2, 0.25) is 0 Å². The van der Waals surface area contributed by atoms with Crippen molar-refractivity contribution in [2.75, 3.05) is 5.73 Å². The maximum atomic E-state index is 8.82. The van der Waals surface area contributed by atoms with Crippen LogP contribution < -0.4 is 5.73 Å². The second-order valence-electron chi connectivity index (χ2n) is 3.45. The molecule has 0 amide bonds. The predicted molar refractivity (Wildman–Crippen MR) is 62.1 cm³/mol. The van der Waals surface area contributed by atoms with E-state index in [-0.39, 0.29) is 0 Å². The van der Waals surface area contributed by atoms with Crippen LogP contribution in [0.1, 0.15) is 18.1 Å². The lowest BCUT2D eigenvalue weighted by molar-refractivity contribution is 0.873. The number of nitrogens with zero attached hydrogens (tertiary/aromatic N) is 3. The van der Waals surface area contributed by atoms with Gasteiger partial charge in [0.1, 0.15) is 17.5 Å². The Labute approximate surface area is 93.9 Å². The number of aromatic nitrogens is 2. The molecule has 80 valence electrons. The first-order chi connectivity index (χ1) is 7.77. The van der Waals surface area contributed by atoms with Crippen LogP contribution in [0.15, 0.2) is 30.5 Å². The average Bonchev–Trinajstić information content (AvgIpc) is 2.70. The van der Waals surface area contributed by atoms with E-state index in [0.29, 0.717) is 11.4 Å². The molecule has 1 heterocycles. The lowest BCUT2D eigenvalue weighted by atomic mass is 10.1. The summed E-state index contributed by atoms with van der Waals surface area (Å²) >= 11 is 0. The number of nitriles is 1. The van der Waals surface area contributed by atoms with Gasteiger partial charge in [-0.1, -0.05) is 25.1 Å². The SMILES string of the molecule is CCc1ccccc1-n1ncc(C#N)c1N. The van der Waals surface area contributed by atoms with Crippen LogP contribution in [0, 0.1) is 11.3 Å². The number of anilines is 1. The normalized spacial score (nSPS) is 10.0. The number of hydrogen-bond donors (Lipinski definition) is 1. The lowest BCUT2D eigenvalue weighted by Crippen LogP contribution is -2.05. The monoisotopic (exact) mass is 212 g/mol. The molecule has 4 nitrogen and oxygen atoms in total. The fourth-order valence-corrected chi connectivity index (χ4v) is 1.65. The standard InChI is InChI=1S/C12H12N4/c1-2-9-5-3-4-6-11(9)16-12(14)10(7-13)8-15-16/h3-6,8H,2,14H2,1H3. The quantitative estimate of drug-likeness (QED) is 0.826. The molecule has 0 aliphatic carbocycles. The Morgan fingerprint density at radius 2 is 2.19 bits per heavy atom. The first kappa shape index (κ1) is 10.2. The van der Waals surface area contributed by atoms with Gasteiger partial charge in [0.05, 0.1) is 11.9 Å². The van der Waals surface area contributed by atoms with E-state index in [1.165, 1.54) is 6.20 Å². The third kappa shape index (κ3) is 1.52. The smallest absolute Gasteiger partial charge is 0.145 e. The molecule has 0 aliphatic heterocycles. The number of nitrogen functional groups attached to an aromatic ring is 1. The van der Waals surface area contributed by atoms with Gasteiger partial charge in [-0.15, -0.1) is 0 Å². The van der Waals surface area contributed by atoms with E-state index in [4.69, 9.17) is 11.0 Å². The van der Waals surface area contributed by atoms with Crippen LogP contribution in [0.3, 0.4) is 0 Å². The topological polar surface area (TPSA) is 67.6 Å². The highest BCUT2D eigenvalue weighted by Gasteiger charge is 2.10. The van der Waals surface area contributed by atoms with Crippen LogP contribution in [0.25, 0.3) is 5.69 Å². The molecule has 1 aromatic carbocycles. The summed E-state index contributed by atoms with van der Waals surface area (Å²) in [6, 6.07) is 9.90. The summed E-state index contributed by atoms with van der Waals surface area (Å²) in [5, 5.41) is 13.0. The van der Waals surface area contributed by atoms with Crippen molar-refractivity contribution < 1.29 is 0 Å². The third-order valence-corrected chi connectivity index (χ3v) is 2.53. The number of para-hydroxylation sites is 1. The average molecular weight is 212 g/mol. The van der Waals surface area contributed by atoms with Gasteiger partial charge in [0, 0.05) is 0 Å². The maximum Gasteiger partial charge on any atom is 0.145 e. The molecule has 1 aromatic heterocycles. The van der Waals surface area contributed by atoms with Crippen molar-refractivity contribution in [3.05, 3.63) is 41.6 Å². The number of benzene rings is 1. The summed E-state index contributed by atoms with van der Waals surface area (Å²) in [5.41, 5.74) is 8.34. The molecule has 2 rings (SSSR count). The van der Waals surface area contributed by atoms with Gasteiger partial charge in [-0.25, -0.2) is 4.68 Å². The molecule has 0 saturated carbocycles. The highest BCUT2D eigenvalue weighted by atomic mass is 15.3. The van der Waals surface area contributed by atoms with Crippen LogP contribution in [-0.2, 0) is 6.42 Å². The van der Waals surface area contributed by atoms with Gasteiger partial charge in [-0.05, 0) is 18.1 Å². The number of aryl methyl sites for hydroxylation is 1. The van der Waals surface area contributed by atoms with Gasteiger partial charge < -0.3 is 5.73 Å². The van der Waals surface area contributed by atoms with Crippen LogP contribution in [0.5, 0.6) is 0 Å². The second kappa shape index (κ2) is 4.07. The minimum Gasteiger partial charge on any atom is -0.382 e. The Kier molecular flexibility index (Phi) is 2.61. The molecule has 0 saturated heterocycles. The molecule has 0 radical (unpaired) electrons. The molecule has 2 N–H and O–H groups in total. The fourth-order valence-electron chi connectivity index (χ4n) is 1.65. The van der Waals surface area contributed by atoms with Crippen LogP contribution in [-0.4, -0.2) is 9.78 Å². The van der Waals surface area contributed by atoms with E-state index in [1.807, 2.05) is 30.3 Å². The van der Waals surface area contributed by atoms with Crippen molar-refractivity contribution in [2.24, 2.45) is 0 Å². The molecule has 0 bridgehead atoms. The predicted octanol–water partition coefficient (Wildman–Crippen LogP) is 1.89. The summed E-state index contributed by atoms with van der Waals surface area (Å²) in [6.45, 7) is 2.07. The number of rotatable bonds is 2. The van der Waals surface area contributed by atoms with E-state index < -0.39 is 0 Å². The largest absolute Gasteiger partial charge is 0.382 e. The summed E-state index contributed by atoms with van der Waals surface area (Å²) in [6.07, 6.45) is 2.39. The molecule has 4 heteroatoms. The van der Waals surface area contributed by atoms with E-state index in [9.17, 15) is 0 Å². The number of nitrogens with two attached hydrogens (primary N) is 1. The summed E-state index contributed by atoms with van der Waals surface area (Å²) < 4.78 is 1.61. The highest BCUT2D eigenvalue weighted by molar-refractivity contribution is 5.54. The summed E-state index contributed by atoms with van der Waals surface area (Å²) in [7, 11) is 0. The van der Waals surface area contributed by atoms with Gasteiger partial charge in [0.2, 0.25) is 0 Å². The first-order valence-electron chi connectivity index (χ1n) is 5.09. The van der Waals surface area contributed by atoms with Gasteiger partial charge in [0.25, 0.3) is 0 Å². The fraction of sp³-hybridized carbons (Fsp3) is 0.167. The Balaban J connectivity index is 2.59. The van der Waals surface area contributed by atoms with E-state index in [2.05, 4.69) is 12.0 Å². The van der Waals surface area contributed by atoms with Crippen molar-refractivity contribution in [3.8, 4) is 11.8 Å². The molecule has 0 fully saturated rings. The minimum absolute atomic E-state index is 0.392. The maximum absolute atomic E-state index is 8.82. The Morgan fingerprint density at radius 3 is 2.81 bits per heavy atom. The van der Waals surface area contributed by atoms with Crippen molar-refractivity contribution >= 4 is 5.82 Å². The third-order valence-electron chi connectivity index (χ3n) is 2.53. The molecule has 16 heavy (non-hydrogen) atoms. The molecule has 0 atom stereocenters. The van der Waals surface area contributed by atoms with Gasteiger partial charge in [-0.3, -0.25) is 0 Å². The van der Waals surface area contributed by atoms with Crippen molar-refractivity contribution in [2.45, 2.75) is 13.3 Å². The lowest BCUT2D eigenvalue weighted by Gasteiger charge is -2.08. The zero-order valence-electron chi connectivity index (χ0n) is 9.01. The zero-order valence-corrected chi connectivity index (χ0v) is 9.01. The Bertz CT molecular complexity index is 548. The molecule has 0 spiro atoms. The second-order valence-corrected chi connectivity index (χ2v) is 3.45. The van der Waals surface area contributed by atoms with Gasteiger partial charge in [-0.2, -0.15) is 10.4 Å². The van der Waals surface area contributed by atoms with Gasteiger partial charge >= 0.3 is 0 Å². The molecular weight excluding hydrogens is 200 g/mol. The Hall–Kier alpha value is -2.28. The molecule has 0 aliphatic rings. The summed E-state index contributed by atoms with van der Waals surface area (Å²) in [5.74, 6) is 0.392. The van der Waals surface area contributed by atoms with Crippen LogP contribution >= 0.6 is 0 Å². The minimum atomic E-state index is 0.392. The molecule has 2 aromatic rings. The van der Waals surface area contributed by atoms with Crippen molar-refractivity contribution in [1.29, 1.82) is 5.26 Å². The van der Waals surface area contributed by atoms with Crippen LogP contribution in [0.4, 0.5) is 5.82 Å². The van der Waals surface area contributed by atoms with E-state index in [1.54, 1.807) is 4.68 Å². The van der Waals surface area contributed by atoms with E-state index in [0.717, 1.165) is 17.7 Å². The Morgan fingerprint density at radius 1 is 1.44 bits per heavy atom. The molecule has 0 unspecified atom stereocenters.